The molecule has 0 spiro atoms. The summed E-state index contributed by atoms with van der Waals surface area (Å²) in [6, 6.07) is 8.00. The molecule has 2 aromatic rings. The van der Waals surface area contributed by atoms with Crippen LogP contribution in [0.25, 0.3) is 0 Å². The zero-order chi connectivity index (χ0) is 28.5. The van der Waals surface area contributed by atoms with Crippen LogP contribution in [0, 0.1) is 9.39 Å². The lowest BCUT2D eigenvalue weighted by atomic mass is 9.87. The van der Waals surface area contributed by atoms with Gasteiger partial charge in [0.05, 0.1) is 29.9 Å². The molecule has 0 saturated heterocycles. The highest BCUT2D eigenvalue weighted by atomic mass is 127. The number of ether oxygens (including phenoxy) is 3. The Morgan fingerprint density at radius 3 is 2.49 bits per heavy atom. The fourth-order valence-electron chi connectivity index (χ4n) is 4.28. The predicted octanol–water partition coefficient (Wildman–Crippen LogP) is 1.52. The van der Waals surface area contributed by atoms with Gasteiger partial charge in [-0.3, -0.25) is 9.59 Å². The number of carbonyl (C=O) groups is 2. The normalized spacial score (nSPS) is 18.7. The van der Waals surface area contributed by atoms with Crippen molar-refractivity contribution in [2.75, 3.05) is 34.0 Å². The van der Waals surface area contributed by atoms with Gasteiger partial charge in [0, 0.05) is 32.2 Å². The molecule has 0 bridgehead atoms. The average Bonchev–Trinajstić information content (AvgIpc) is 2.93. The number of hydrogen-bond donors (Lipinski definition) is 4. The molecule has 0 unspecified atom stereocenters. The van der Waals surface area contributed by atoms with Gasteiger partial charge in [-0.1, -0.05) is 12.1 Å². The number of amides is 2. The first-order valence-electron chi connectivity index (χ1n) is 12.2. The van der Waals surface area contributed by atoms with E-state index in [2.05, 4.69) is 5.32 Å². The number of nitrogens with zero attached hydrogens (tertiary/aromatic N) is 1. The van der Waals surface area contributed by atoms with Crippen molar-refractivity contribution in [3.05, 3.63) is 68.6 Å². The summed E-state index contributed by atoms with van der Waals surface area (Å²) in [5.74, 6) is -0.742. The van der Waals surface area contributed by atoms with Crippen LogP contribution in [0.5, 0.6) is 11.5 Å². The fraction of sp³-hybridized carbons (Fsp3) is 0.407. The molecule has 0 fully saturated rings. The third-order valence-electron chi connectivity index (χ3n) is 6.19. The summed E-state index contributed by atoms with van der Waals surface area (Å²) in [6.45, 7) is -0.712. The maximum Gasteiger partial charge on any atom is 0.249 e. The molecular formula is C27H32FIN2O8. The molecule has 0 aromatic heterocycles. The Kier molecular flexibility index (Phi) is 11.5. The van der Waals surface area contributed by atoms with Crippen LogP contribution in [-0.2, 0) is 27.5 Å². The predicted molar refractivity (Wildman–Crippen MR) is 147 cm³/mol. The fourth-order valence-corrected chi connectivity index (χ4v) is 5.07. The summed E-state index contributed by atoms with van der Waals surface area (Å²) in [5, 5.41) is 32.8. The number of benzene rings is 2. The van der Waals surface area contributed by atoms with Gasteiger partial charge in [0.15, 0.2) is 11.5 Å². The monoisotopic (exact) mass is 658 g/mol. The molecule has 0 radical (unpaired) electrons. The van der Waals surface area contributed by atoms with Crippen molar-refractivity contribution in [2.24, 2.45) is 0 Å². The number of hydrogen-bond acceptors (Lipinski definition) is 8. The van der Waals surface area contributed by atoms with E-state index in [0.717, 1.165) is 0 Å². The lowest BCUT2D eigenvalue weighted by Gasteiger charge is -2.40. The topological polar surface area (TPSA) is 138 Å². The molecule has 39 heavy (non-hydrogen) atoms. The number of rotatable bonds is 12. The van der Waals surface area contributed by atoms with Crippen LogP contribution in [0.3, 0.4) is 0 Å². The Hall–Kier alpha value is -2.78. The lowest BCUT2D eigenvalue weighted by Crippen LogP contribution is -2.55. The summed E-state index contributed by atoms with van der Waals surface area (Å²) >= 11 is 2.02. The first kappa shape index (κ1) is 30.8. The maximum atomic E-state index is 13.5. The van der Waals surface area contributed by atoms with Crippen molar-refractivity contribution >= 4 is 34.4 Å². The van der Waals surface area contributed by atoms with E-state index in [-0.39, 0.29) is 44.9 Å². The minimum absolute atomic E-state index is 0.00733. The lowest BCUT2D eigenvalue weighted by molar-refractivity contribution is -0.143. The van der Waals surface area contributed by atoms with Crippen molar-refractivity contribution in [1.29, 1.82) is 0 Å². The molecule has 3 rings (SSSR count). The molecule has 3 atom stereocenters. The Morgan fingerprint density at radius 1 is 1.15 bits per heavy atom. The molecule has 0 aliphatic heterocycles. The molecule has 10 nitrogen and oxygen atoms in total. The summed E-state index contributed by atoms with van der Waals surface area (Å²) in [5.41, 5.74) is 1.46. The standard InChI is InChI=1S/C27H32FIN2O8/c1-37-15-24(34)31(13-16-3-5-19(28)6-4-16)21-11-18(27(36)30-7-8-32)12-22(25(21)35)39-26-20(29)9-17(14-33)10-23(26)38-2/h3-6,9-10,12,21-22,25,32-33,35H,7-8,11,13-15H2,1-2H3,(H,30,36)/t21-,22+,25+/m1/s1. The second-order valence-electron chi connectivity index (χ2n) is 8.86. The number of aliphatic hydroxyl groups excluding tert-OH is 3. The molecule has 1 aliphatic carbocycles. The quantitative estimate of drug-likeness (QED) is 0.252. The number of carbonyl (C=O) groups excluding carboxylic acids is 2. The van der Waals surface area contributed by atoms with Crippen LogP contribution in [0.15, 0.2) is 48.0 Å². The molecule has 2 aromatic carbocycles. The number of aliphatic hydroxyl groups is 3. The van der Waals surface area contributed by atoms with Gasteiger partial charge in [-0.05, 0) is 64.1 Å². The first-order valence-corrected chi connectivity index (χ1v) is 13.2. The third kappa shape index (κ3) is 7.88. The van der Waals surface area contributed by atoms with Crippen molar-refractivity contribution in [3.63, 3.8) is 0 Å². The van der Waals surface area contributed by atoms with Crippen LogP contribution in [-0.4, -0.2) is 84.3 Å². The second-order valence-corrected chi connectivity index (χ2v) is 10.0. The molecule has 0 saturated carbocycles. The largest absolute Gasteiger partial charge is 0.493 e. The zero-order valence-corrected chi connectivity index (χ0v) is 23.8. The van der Waals surface area contributed by atoms with E-state index in [1.165, 1.54) is 49.5 Å². The van der Waals surface area contributed by atoms with Gasteiger partial charge in [0.1, 0.15) is 24.6 Å². The molecule has 2 amide bonds. The van der Waals surface area contributed by atoms with Gasteiger partial charge < -0.3 is 39.7 Å². The van der Waals surface area contributed by atoms with Crippen LogP contribution >= 0.6 is 22.6 Å². The molecule has 4 N–H and O–H groups in total. The second kappa shape index (κ2) is 14.6. The van der Waals surface area contributed by atoms with Gasteiger partial charge in [0.25, 0.3) is 0 Å². The maximum absolute atomic E-state index is 13.5. The van der Waals surface area contributed by atoms with E-state index >= 15 is 0 Å². The highest BCUT2D eigenvalue weighted by Gasteiger charge is 2.41. The van der Waals surface area contributed by atoms with Gasteiger partial charge >= 0.3 is 0 Å². The number of nitrogens with one attached hydrogen (secondary N) is 1. The molecular weight excluding hydrogens is 626 g/mol. The number of halogens is 2. The van der Waals surface area contributed by atoms with E-state index in [1.54, 1.807) is 12.1 Å². The number of methoxy groups -OCH3 is 2. The first-order chi connectivity index (χ1) is 18.7. The highest BCUT2D eigenvalue weighted by molar-refractivity contribution is 14.1. The van der Waals surface area contributed by atoms with Gasteiger partial charge in [-0.25, -0.2) is 4.39 Å². The van der Waals surface area contributed by atoms with E-state index in [4.69, 9.17) is 19.3 Å². The zero-order valence-electron chi connectivity index (χ0n) is 21.6. The van der Waals surface area contributed by atoms with Gasteiger partial charge in [0.2, 0.25) is 11.8 Å². The van der Waals surface area contributed by atoms with Crippen molar-refractivity contribution in [3.8, 4) is 11.5 Å². The van der Waals surface area contributed by atoms with Gasteiger partial charge in [-0.2, -0.15) is 0 Å². The highest BCUT2D eigenvalue weighted by Crippen LogP contribution is 2.37. The summed E-state index contributed by atoms with van der Waals surface area (Å²) in [7, 11) is 2.81. The summed E-state index contributed by atoms with van der Waals surface area (Å²) < 4.78 is 30.8. The average molecular weight is 658 g/mol. The minimum Gasteiger partial charge on any atom is -0.493 e. The van der Waals surface area contributed by atoms with Crippen LogP contribution in [0.1, 0.15) is 17.5 Å². The van der Waals surface area contributed by atoms with Crippen LogP contribution < -0.4 is 14.8 Å². The van der Waals surface area contributed by atoms with Crippen molar-refractivity contribution in [2.45, 2.75) is 37.8 Å². The van der Waals surface area contributed by atoms with Crippen LogP contribution in [0.4, 0.5) is 4.39 Å². The Morgan fingerprint density at radius 2 is 1.87 bits per heavy atom. The Bertz CT molecular complexity index is 1180. The molecule has 0 heterocycles. The smallest absolute Gasteiger partial charge is 0.249 e. The van der Waals surface area contributed by atoms with Crippen molar-refractivity contribution in [1.82, 2.24) is 10.2 Å². The van der Waals surface area contributed by atoms with E-state index in [9.17, 15) is 24.2 Å². The SMILES string of the molecule is COCC(=O)N(Cc1ccc(F)cc1)[C@@H]1CC(C(=O)NCCO)=C[C@H](Oc2c(I)cc(CO)cc2OC)[C@H]1O. The Labute approximate surface area is 239 Å². The molecule has 12 heteroatoms. The van der Waals surface area contributed by atoms with E-state index in [1.807, 2.05) is 22.6 Å². The molecule has 212 valence electrons. The minimum atomic E-state index is -1.28. The molecule has 1 aliphatic rings. The van der Waals surface area contributed by atoms with Crippen LogP contribution in [0.2, 0.25) is 0 Å². The summed E-state index contributed by atoms with van der Waals surface area (Å²) in [4.78, 5) is 27.5. The summed E-state index contributed by atoms with van der Waals surface area (Å²) in [6.07, 6.45) is -0.877. The third-order valence-corrected chi connectivity index (χ3v) is 7.00. The van der Waals surface area contributed by atoms with E-state index < -0.39 is 35.9 Å². The Balaban J connectivity index is 2.02. The van der Waals surface area contributed by atoms with Crippen molar-refractivity contribution < 1.29 is 43.5 Å². The van der Waals surface area contributed by atoms with E-state index in [0.29, 0.717) is 26.2 Å². The van der Waals surface area contributed by atoms with Gasteiger partial charge in [-0.15, -0.1) is 0 Å².